The molecule has 2 atom stereocenters. The van der Waals surface area contributed by atoms with Gasteiger partial charge in [-0.05, 0) is 56.7 Å². The molecule has 2 rings (SSSR count). The van der Waals surface area contributed by atoms with Gasteiger partial charge in [0.25, 0.3) is 5.91 Å². The molecule has 0 aromatic carbocycles. The van der Waals surface area contributed by atoms with Crippen LogP contribution in [0.15, 0.2) is 14.3 Å². The van der Waals surface area contributed by atoms with Crippen molar-refractivity contribution in [2.24, 2.45) is 5.92 Å². The molecular weight excluding hydrogens is 366 g/mol. The number of hydrogen-bond donors (Lipinski definition) is 1. The monoisotopic (exact) mass is 379 g/mol. The van der Waals surface area contributed by atoms with Gasteiger partial charge in [-0.2, -0.15) is 0 Å². The number of nitrogens with one attached hydrogen (secondary N) is 1. The number of carbonyl (C=O) groups excluding carboxylic acids is 1. The van der Waals surface area contributed by atoms with Gasteiger partial charge in [0.15, 0.2) is 0 Å². The van der Waals surface area contributed by atoms with E-state index in [9.17, 15) is 4.79 Å². The smallest absolute Gasteiger partial charge is 0.261 e. The zero-order valence-corrected chi connectivity index (χ0v) is 13.6. The Labute approximate surface area is 122 Å². The zero-order valence-electron chi connectivity index (χ0n) is 9.63. The Hall–Kier alpha value is 0.130. The molecule has 0 saturated heterocycles. The molecule has 1 aromatic heterocycles. The average molecular weight is 381 g/mol. The second kappa shape index (κ2) is 5.85. The second-order valence-electron chi connectivity index (χ2n) is 4.57. The van der Waals surface area contributed by atoms with Crippen molar-refractivity contribution in [3.8, 4) is 0 Å². The summed E-state index contributed by atoms with van der Waals surface area (Å²) in [4.78, 5) is 12.8. The number of thiophene rings is 1. The number of carbonyl (C=O) groups is 1. The summed E-state index contributed by atoms with van der Waals surface area (Å²) < 4.78 is 1.92. The molecule has 0 aliphatic heterocycles. The summed E-state index contributed by atoms with van der Waals surface area (Å²) in [5.41, 5.74) is 0. The van der Waals surface area contributed by atoms with Crippen LogP contribution in [0.5, 0.6) is 0 Å². The first-order valence-corrected chi connectivity index (χ1v) is 8.24. The van der Waals surface area contributed by atoms with Crippen molar-refractivity contribution in [3.63, 3.8) is 0 Å². The van der Waals surface area contributed by atoms with E-state index in [-0.39, 0.29) is 5.91 Å². The first-order chi connectivity index (χ1) is 8.08. The van der Waals surface area contributed by atoms with Crippen molar-refractivity contribution in [2.75, 3.05) is 0 Å². The summed E-state index contributed by atoms with van der Waals surface area (Å²) in [6.45, 7) is 2.23. The van der Waals surface area contributed by atoms with Gasteiger partial charge < -0.3 is 5.32 Å². The summed E-state index contributed by atoms with van der Waals surface area (Å²) >= 11 is 8.29. The number of hydrogen-bond acceptors (Lipinski definition) is 2. The quantitative estimate of drug-likeness (QED) is 0.799. The Morgan fingerprint density at radius 1 is 1.41 bits per heavy atom. The van der Waals surface area contributed by atoms with E-state index in [1.165, 1.54) is 30.6 Å². The molecule has 0 spiro atoms. The van der Waals surface area contributed by atoms with E-state index in [2.05, 4.69) is 44.1 Å². The number of amides is 1. The molecule has 17 heavy (non-hydrogen) atoms. The molecule has 0 radical (unpaired) electrons. The topological polar surface area (TPSA) is 29.1 Å². The summed E-state index contributed by atoms with van der Waals surface area (Å²) in [5, 5.41) is 3.16. The van der Waals surface area contributed by atoms with Gasteiger partial charge in [0.1, 0.15) is 0 Å². The van der Waals surface area contributed by atoms with E-state index in [4.69, 9.17) is 0 Å². The summed E-state index contributed by atoms with van der Waals surface area (Å²) in [7, 11) is 0. The van der Waals surface area contributed by atoms with Crippen molar-refractivity contribution in [3.05, 3.63) is 19.2 Å². The number of halogens is 2. The maximum atomic E-state index is 12.1. The molecule has 1 aliphatic rings. The minimum Gasteiger partial charge on any atom is -0.348 e. The first-order valence-electron chi connectivity index (χ1n) is 5.83. The van der Waals surface area contributed by atoms with Crippen molar-refractivity contribution in [2.45, 2.75) is 38.6 Å². The molecule has 1 saturated carbocycles. The molecule has 94 valence electrons. The maximum absolute atomic E-state index is 12.1. The van der Waals surface area contributed by atoms with Gasteiger partial charge in [-0.3, -0.25) is 4.79 Å². The molecule has 1 aliphatic carbocycles. The highest BCUT2D eigenvalue weighted by atomic mass is 79.9. The summed E-state index contributed by atoms with van der Waals surface area (Å²) in [5.74, 6) is 0.652. The van der Waals surface area contributed by atoms with Crippen molar-refractivity contribution < 1.29 is 4.79 Å². The molecule has 0 bridgehead atoms. The van der Waals surface area contributed by atoms with Crippen LogP contribution in [0.4, 0.5) is 0 Å². The van der Waals surface area contributed by atoms with Crippen molar-refractivity contribution >= 4 is 49.1 Å². The third kappa shape index (κ3) is 3.32. The Bertz CT molecular complexity index is 399. The molecular formula is C12H15Br2NOS. The van der Waals surface area contributed by atoms with Crippen LogP contribution in [0.25, 0.3) is 0 Å². The molecule has 5 heteroatoms. The summed E-state index contributed by atoms with van der Waals surface area (Å²) in [6.07, 6.45) is 4.86. The van der Waals surface area contributed by atoms with Crippen LogP contribution in [0, 0.1) is 5.92 Å². The van der Waals surface area contributed by atoms with Crippen LogP contribution >= 0.6 is 43.2 Å². The van der Waals surface area contributed by atoms with E-state index in [1.807, 2.05) is 6.07 Å². The average Bonchev–Trinajstić information content (AvgIpc) is 2.63. The minimum atomic E-state index is 0.0557. The number of rotatable bonds is 2. The Morgan fingerprint density at radius 3 is 2.71 bits per heavy atom. The van der Waals surface area contributed by atoms with Gasteiger partial charge in [0.05, 0.1) is 8.66 Å². The molecule has 1 N–H and O–H groups in total. The molecule has 1 heterocycles. The molecule has 1 fully saturated rings. The summed E-state index contributed by atoms with van der Waals surface area (Å²) in [6, 6.07) is 2.22. The van der Waals surface area contributed by atoms with E-state index in [1.54, 1.807) is 0 Å². The maximum Gasteiger partial charge on any atom is 0.261 e. The third-order valence-electron chi connectivity index (χ3n) is 3.30. The normalized spacial score (nSPS) is 24.6. The molecule has 1 amide bonds. The Kier molecular flexibility index (Phi) is 4.66. The lowest BCUT2D eigenvalue weighted by atomic mass is 9.86. The SMILES string of the molecule is C[C@H]1CCCC[C@H]1NC(=O)c1cc(Br)c(Br)s1. The van der Waals surface area contributed by atoms with E-state index >= 15 is 0 Å². The lowest BCUT2D eigenvalue weighted by Gasteiger charge is -2.29. The van der Waals surface area contributed by atoms with Crippen LogP contribution in [0.2, 0.25) is 0 Å². The van der Waals surface area contributed by atoms with Gasteiger partial charge in [-0.15, -0.1) is 11.3 Å². The van der Waals surface area contributed by atoms with Crippen LogP contribution in [-0.2, 0) is 0 Å². The van der Waals surface area contributed by atoms with Crippen LogP contribution < -0.4 is 5.32 Å². The molecule has 2 nitrogen and oxygen atoms in total. The fourth-order valence-electron chi connectivity index (χ4n) is 2.23. The molecule has 0 unspecified atom stereocenters. The Balaban J connectivity index is 2.01. The van der Waals surface area contributed by atoms with Gasteiger partial charge in [0.2, 0.25) is 0 Å². The van der Waals surface area contributed by atoms with Crippen molar-refractivity contribution in [1.29, 1.82) is 0 Å². The van der Waals surface area contributed by atoms with E-state index < -0.39 is 0 Å². The van der Waals surface area contributed by atoms with Gasteiger partial charge in [-0.1, -0.05) is 19.8 Å². The van der Waals surface area contributed by atoms with Crippen LogP contribution in [-0.4, -0.2) is 11.9 Å². The molecule has 1 aromatic rings. The van der Waals surface area contributed by atoms with Crippen LogP contribution in [0.3, 0.4) is 0 Å². The Morgan fingerprint density at radius 2 is 2.12 bits per heavy atom. The zero-order chi connectivity index (χ0) is 12.4. The predicted octanol–water partition coefficient (Wildman–Crippen LogP) is 4.58. The standard InChI is InChI=1S/C12H15Br2NOS/c1-7-4-2-3-5-9(7)15-12(16)10-6-8(13)11(14)17-10/h6-7,9H,2-5H2,1H3,(H,15,16)/t7-,9+/m0/s1. The highest BCUT2D eigenvalue weighted by molar-refractivity contribution is 9.13. The lowest BCUT2D eigenvalue weighted by molar-refractivity contribution is 0.0914. The second-order valence-corrected chi connectivity index (χ2v) is 7.80. The predicted molar refractivity (Wildman–Crippen MR) is 78.6 cm³/mol. The van der Waals surface area contributed by atoms with Gasteiger partial charge in [0, 0.05) is 10.5 Å². The van der Waals surface area contributed by atoms with E-state index in [0.717, 1.165) is 19.6 Å². The van der Waals surface area contributed by atoms with Crippen molar-refractivity contribution in [1.82, 2.24) is 5.32 Å². The highest BCUT2D eigenvalue weighted by Crippen LogP contribution is 2.32. The van der Waals surface area contributed by atoms with Gasteiger partial charge >= 0.3 is 0 Å². The first kappa shape index (κ1) is 13.6. The third-order valence-corrected chi connectivity index (χ3v) is 6.55. The van der Waals surface area contributed by atoms with E-state index in [0.29, 0.717) is 12.0 Å². The fraction of sp³-hybridized carbons (Fsp3) is 0.583. The highest BCUT2D eigenvalue weighted by Gasteiger charge is 2.24. The lowest BCUT2D eigenvalue weighted by Crippen LogP contribution is -2.40. The largest absolute Gasteiger partial charge is 0.348 e. The van der Waals surface area contributed by atoms with Crippen LogP contribution in [0.1, 0.15) is 42.3 Å². The minimum absolute atomic E-state index is 0.0557. The fourth-order valence-corrected chi connectivity index (χ4v) is 4.17. The van der Waals surface area contributed by atoms with Gasteiger partial charge in [-0.25, -0.2) is 0 Å².